The van der Waals surface area contributed by atoms with Gasteiger partial charge in [0.05, 0.1) is 17.7 Å². The lowest BCUT2D eigenvalue weighted by molar-refractivity contribution is -0.134. The fraction of sp³-hybridized carbons (Fsp3) is 0.214. The molecule has 0 aliphatic heterocycles. The Morgan fingerprint density at radius 3 is 2.67 bits per heavy atom. The van der Waals surface area contributed by atoms with Crippen LogP contribution in [-0.2, 0) is 11.9 Å². The van der Waals surface area contributed by atoms with Gasteiger partial charge in [0.25, 0.3) is 0 Å². The number of ether oxygens (including phenoxy) is 1. The average Bonchev–Trinajstić information content (AvgIpc) is 3.02. The van der Waals surface area contributed by atoms with E-state index in [1.54, 1.807) is 18.2 Å². The molecule has 10 heteroatoms. The van der Waals surface area contributed by atoms with Crippen molar-refractivity contribution in [2.24, 2.45) is 5.84 Å². The number of methoxy groups -OCH3 is 1. The second-order valence-electron chi connectivity index (χ2n) is 4.49. The van der Waals surface area contributed by atoms with Crippen LogP contribution in [0.15, 0.2) is 35.2 Å². The van der Waals surface area contributed by atoms with Gasteiger partial charge in [-0.05, 0) is 24.3 Å². The van der Waals surface area contributed by atoms with E-state index >= 15 is 0 Å². The van der Waals surface area contributed by atoms with Crippen LogP contribution in [0.2, 0.25) is 0 Å². The van der Waals surface area contributed by atoms with Crippen molar-refractivity contribution in [1.29, 1.82) is 0 Å². The smallest absolute Gasteiger partial charge is 0.425 e. The molecule has 1 aromatic heterocycles. The minimum atomic E-state index is -4.34. The fourth-order valence-corrected chi connectivity index (χ4v) is 3.87. The predicted octanol–water partition coefficient (Wildman–Crippen LogP) is 4.06. The molecule has 130 valence electrons. The molecule has 2 aromatic rings. The molecule has 0 saturated heterocycles. The molecule has 0 aliphatic rings. The van der Waals surface area contributed by atoms with Crippen molar-refractivity contribution in [1.82, 2.24) is 5.43 Å². The number of hydrogen-bond donors (Lipinski definition) is 3. The summed E-state index contributed by atoms with van der Waals surface area (Å²) in [5, 5.41) is 2.55. The van der Waals surface area contributed by atoms with Crippen LogP contribution in [0.4, 0.5) is 23.7 Å². The van der Waals surface area contributed by atoms with E-state index in [1.165, 1.54) is 24.9 Å². The van der Waals surface area contributed by atoms with E-state index in [1.807, 2.05) is 5.43 Å². The Labute approximate surface area is 144 Å². The van der Waals surface area contributed by atoms with Gasteiger partial charge in [0.15, 0.2) is 0 Å². The zero-order chi connectivity index (χ0) is 17.7. The molecule has 0 unspecified atom stereocenters. The van der Waals surface area contributed by atoms with Gasteiger partial charge in [-0.25, -0.2) is 10.6 Å². The molecule has 0 fully saturated rings. The maximum atomic E-state index is 12.6. The van der Waals surface area contributed by atoms with Crippen molar-refractivity contribution in [3.05, 3.63) is 40.1 Å². The SMILES string of the molecule is COc1cccc(NC(=O)NN)c1SCc1ccc(C(F)(F)F)s1. The molecule has 1 heterocycles. The monoisotopic (exact) mass is 377 g/mol. The van der Waals surface area contributed by atoms with Gasteiger partial charge in [-0.2, -0.15) is 13.2 Å². The molecule has 0 aliphatic carbocycles. The van der Waals surface area contributed by atoms with E-state index in [4.69, 9.17) is 10.6 Å². The Bertz CT molecular complexity index is 720. The highest BCUT2D eigenvalue weighted by molar-refractivity contribution is 7.99. The Balaban J connectivity index is 2.19. The quantitative estimate of drug-likeness (QED) is 0.318. The molecule has 2 rings (SSSR count). The van der Waals surface area contributed by atoms with Crippen molar-refractivity contribution in [2.75, 3.05) is 12.4 Å². The highest BCUT2D eigenvalue weighted by Gasteiger charge is 2.32. The van der Waals surface area contributed by atoms with Gasteiger partial charge >= 0.3 is 12.2 Å². The van der Waals surface area contributed by atoms with Crippen molar-refractivity contribution in [3.8, 4) is 5.75 Å². The molecule has 0 spiro atoms. The average molecular weight is 377 g/mol. The summed E-state index contributed by atoms with van der Waals surface area (Å²) in [6.07, 6.45) is -4.34. The first-order valence-electron chi connectivity index (χ1n) is 6.58. The zero-order valence-corrected chi connectivity index (χ0v) is 14.1. The van der Waals surface area contributed by atoms with E-state index in [0.29, 0.717) is 38.3 Å². The van der Waals surface area contributed by atoms with Crippen molar-refractivity contribution >= 4 is 34.8 Å². The number of hydrogen-bond acceptors (Lipinski definition) is 5. The number of thiophene rings is 1. The molecule has 0 saturated carbocycles. The van der Waals surface area contributed by atoms with Crippen LogP contribution in [0, 0.1) is 0 Å². The summed E-state index contributed by atoms with van der Waals surface area (Å²) >= 11 is 1.95. The summed E-state index contributed by atoms with van der Waals surface area (Å²) in [5.74, 6) is 5.85. The fourth-order valence-electron chi connectivity index (χ4n) is 1.83. The molecule has 2 amide bonds. The van der Waals surface area contributed by atoms with Crippen LogP contribution in [-0.4, -0.2) is 13.1 Å². The highest BCUT2D eigenvalue weighted by atomic mass is 32.2. The third-order valence-corrected chi connectivity index (χ3v) is 5.36. The largest absolute Gasteiger partial charge is 0.496 e. The minimum absolute atomic E-state index is 0.306. The summed E-state index contributed by atoms with van der Waals surface area (Å²) in [7, 11) is 1.47. The number of rotatable bonds is 5. The van der Waals surface area contributed by atoms with Gasteiger partial charge in [0.1, 0.15) is 10.6 Å². The van der Waals surface area contributed by atoms with Crippen LogP contribution >= 0.6 is 23.1 Å². The number of nitrogens with two attached hydrogens (primary N) is 1. The number of urea groups is 1. The van der Waals surface area contributed by atoms with E-state index in [-0.39, 0.29) is 0 Å². The van der Waals surface area contributed by atoms with Gasteiger partial charge in [-0.3, -0.25) is 5.43 Å². The Hall–Kier alpha value is -1.91. The van der Waals surface area contributed by atoms with E-state index in [0.717, 1.165) is 6.07 Å². The topological polar surface area (TPSA) is 76.4 Å². The Kier molecular flexibility index (Phi) is 5.97. The molecule has 4 N–H and O–H groups in total. The lowest BCUT2D eigenvalue weighted by Gasteiger charge is -2.13. The number of carbonyl (C=O) groups excluding carboxylic acids is 1. The van der Waals surface area contributed by atoms with E-state index < -0.39 is 17.1 Å². The standard InChI is InChI=1S/C14H14F3N3O2S2/c1-22-10-4-2-3-9(19-13(21)20-18)12(10)23-7-8-5-6-11(24-8)14(15,16)17/h2-6H,7,18H2,1H3,(H2,19,20,21). The van der Waals surface area contributed by atoms with Crippen LogP contribution in [0.3, 0.4) is 0 Å². The molecular formula is C14H14F3N3O2S2. The maximum Gasteiger partial charge on any atom is 0.425 e. The van der Waals surface area contributed by atoms with Gasteiger partial charge in [0.2, 0.25) is 0 Å². The molecule has 5 nitrogen and oxygen atoms in total. The summed E-state index contributed by atoms with van der Waals surface area (Å²) in [4.78, 5) is 11.9. The summed E-state index contributed by atoms with van der Waals surface area (Å²) in [6.45, 7) is 0. The summed E-state index contributed by atoms with van der Waals surface area (Å²) < 4.78 is 43.2. The molecule has 1 aromatic carbocycles. The van der Waals surface area contributed by atoms with Crippen LogP contribution in [0.1, 0.15) is 9.75 Å². The van der Waals surface area contributed by atoms with Crippen LogP contribution in [0.5, 0.6) is 5.75 Å². The first-order valence-corrected chi connectivity index (χ1v) is 8.38. The number of benzene rings is 1. The molecule has 0 atom stereocenters. The Morgan fingerprint density at radius 1 is 1.33 bits per heavy atom. The summed E-state index contributed by atoms with van der Waals surface area (Å²) in [5.41, 5.74) is 2.40. The number of nitrogens with one attached hydrogen (secondary N) is 2. The second-order valence-corrected chi connectivity index (χ2v) is 6.64. The van der Waals surface area contributed by atoms with Gasteiger partial charge in [-0.15, -0.1) is 23.1 Å². The van der Waals surface area contributed by atoms with E-state index in [9.17, 15) is 18.0 Å². The van der Waals surface area contributed by atoms with Crippen LogP contribution in [0.25, 0.3) is 0 Å². The zero-order valence-electron chi connectivity index (χ0n) is 12.4. The lowest BCUT2D eigenvalue weighted by Crippen LogP contribution is -2.34. The van der Waals surface area contributed by atoms with Gasteiger partial charge < -0.3 is 10.1 Å². The van der Waals surface area contributed by atoms with Crippen molar-refractivity contribution < 1.29 is 22.7 Å². The molecule has 24 heavy (non-hydrogen) atoms. The van der Waals surface area contributed by atoms with Crippen molar-refractivity contribution in [3.63, 3.8) is 0 Å². The highest BCUT2D eigenvalue weighted by Crippen LogP contribution is 2.40. The van der Waals surface area contributed by atoms with Gasteiger partial charge in [-0.1, -0.05) is 6.07 Å². The normalized spacial score (nSPS) is 11.2. The second kappa shape index (κ2) is 7.77. The summed E-state index contributed by atoms with van der Waals surface area (Å²) in [6, 6.07) is 6.92. The Morgan fingerprint density at radius 2 is 2.08 bits per heavy atom. The number of halogens is 3. The molecule has 0 radical (unpaired) electrons. The number of carbonyl (C=O) groups is 1. The first-order chi connectivity index (χ1) is 11.3. The number of alkyl halides is 3. The number of anilines is 1. The molecule has 0 bridgehead atoms. The maximum absolute atomic E-state index is 12.6. The number of thioether (sulfide) groups is 1. The number of hydrazine groups is 1. The number of amides is 2. The third kappa shape index (κ3) is 4.56. The van der Waals surface area contributed by atoms with Crippen LogP contribution < -0.4 is 21.3 Å². The van der Waals surface area contributed by atoms with E-state index in [2.05, 4.69) is 5.32 Å². The van der Waals surface area contributed by atoms with Crippen molar-refractivity contribution in [2.45, 2.75) is 16.8 Å². The van der Waals surface area contributed by atoms with Gasteiger partial charge in [0, 0.05) is 10.6 Å². The first kappa shape index (κ1) is 18.4. The molecular weight excluding hydrogens is 363 g/mol. The lowest BCUT2D eigenvalue weighted by atomic mass is 10.3. The minimum Gasteiger partial charge on any atom is -0.496 e. The third-order valence-electron chi connectivity index (χ3n) is 2.88. The predicted molar refractivity (Wildman–Crippen MR) is 88.2 cm³/mol.